The first-order valence-corrected chi connectivity index (χ1v) is 12.3. The van der Waals surface area contributed by atoms with Crippen molar-refractivity contribution in [1.29, 1.82) is 0 Å². The van der Waals surface area contributed by atoms with Crippen LogP contribution in [0.1, 0.15) is 69.6 Å². The van der Waals surface area contributed by atoms with Crippen molar-refractivity contribution in [3.05, 3.63) is 103 Å². The SMILES string of the molecule is Cc1ccc2nc3n(c(=O)c2c1)-c1ccc([N+](=O)[O-])cc1C3=Nc1cc(C(C)(C)C)ccc1C(C)(C)C. The Morgan fingerprint density at radius 2 is 1.65 bits per heavy atom. The summed E-state index contributed by atoms with van der Waals surface area (Å²) < 4.78 is 1.53. The number of fused-ring (bicyclic) bond motifs is 4. The molecule has 7 heteroatoms. The van der Waals surface area contributed by atoms with E-state index in [0.717, 1.165) is 22.4 Å². The van der Waals surface area contributed by atoms with Crippen molar-refractivity contribution >= 4 is 28.0 Å². The first kappa shape index (κ1) is 24.6. The number of aryl methyl sites for hydroxylation is 1. The summed E-state index contributed by atoms with van der Waals surface area (Å²) >= 11 is 0. The Hall–Kier alpha value is -4.13. The van der Waals surface area contributed by atoms with E-state index in [2.05, 4.69) is 59.7 Å². The van der Waals surface area contributed by atoms with Crippen molar-refractivity contribution < 1.29 is 4.92 Å². The molecule has 0 amide bonds. The van der Waals surface area contributed by atoms with E-state index in [1.807, 2.05) is 25.1 Å². The molecular weight excluding hydrogens is 464 g/mol. The van der Waals surface area contributed by atoms with E-state index in [1.165, 1.54) is 16.7 Å². The molecule has 0 unspecified atom stereocenters. The number of non-ortho nitro benzene ring substituents is 1. The van der Waals surface area contributed by atoms with Gasteiger partial charge >= 0.3 is 0 Å². The molecule has 1 aromatic heterocycles. The number of hydrogen-bond acceptors (Lipinski definition) is 5. The number of nitrogens with zero attached hydrogens (tertiary/aromatic N) is 4. The monoisotopic (exact) mass is 494 g/mol. The summed E-state index contributed by atoms with van der Waals surface area (Å²) in [6, 6.07) is 16.4. The van der Waals surface area contributed by atoms with Crippen molar-refractivity contribution in [2.45, 2.75) is 59.3 Å². The summed E-state index contributed by atoms with van der Waals surface area (Å²) in [5.74, 6) is 0.387. The molecule has 1 aliphatic heterocycles. The van der Waals surface area contributed by atoms with Crippen molar-refractivity contribution in [2.75, 3.05) is 0 Å². The normalized spacial score (nSPS) is 14.2. The highest BCUT2D eigenvalue weighted by Gasteiger charge is 2.32. The van der Waals surface area contributed by atoms with Gasteiger partial charge in [0.2, 0.25) is 0 Å². The fraction of sp³-hybridized carbons (Fsp3) is 0.300. The number of aliphatic imine (C=N–C) groups is 1. The lowest BCUT2D eigenvalue weighted by atomic mass is 9.81. The Morgan fingerprint density at radius 1 is 0.919 bits per heavy atom. The number of rotatable bonds is 2. The molecule has 0 aliphatic carbocycles. The number of benzene rings is 3. The zero-order valence-corrected chi connectivity index (χ0v) is 22.2. The van der Waals surface area contributed by atoms with E-state index in [0.29, 0.717) is 33.7 Å². The van der Waals surface area contributed by atoms with E-state index >= 15 is 0 Å². The molecule has 3 aromatic carbocycles. The molecule has 0 fully saturated rings. The lowest BCUT2D eigenvalue weighted by Crippen LogP contribution is -2.21. The van der Waals surface area contributed by atoms with Crippen LogP contribution in [0.3, 0.4) is 0 Å². The topological polar surface area (TPSA) is 90.4 Å². The van der Waals surface area contributed by atoms with E-state index in [4.69, 9.17) is 9.98 Å². The van der Waals surface area contributed by atoms with Gasteiger partial charge in [-0.3, -0.25) is 19.5 Å². The summed E-state index contributed by atoms with van der Waals surface area (Å²) in [6.07, 6.45) is 0. The average Bonchev–Trinajstić information content (AvgIpc) is 3.11. The molecule has 0 saturated heterocycles. The number of aromatic nitrogens is 2. The van der Waals surface area contributed by atoms with Crippen LogP contribution >= 0.6 is 0 Å². The number of nitro benzene ring substituents is 1. The molecule has 0 N–H and O–H groups in total. The minimum Gasteiger partial charge on any atom is -0.268 e. The minimum atomic E-state index is -0.433. The van der Waals surface area contributed by atoms with Gasteiger partial charge in [0.25, 0.3) is 11.2 Å². The minimum absolute atomic E-state index is 0.0628. The molecule has 0 radical (unpaired) electrons. The molecule has 1 aliphatic rings. The number of hydrogen-bond donors (Lipinski definition) is 0. The van der Waals surface area contributed by atoms with Gasteiger partial charge in [-0.25, -0.2) is 9.98 Å². The van der Waals surface area contributed by atoms with E-state index in [1.54, 1.807) is 6.07 Å². The highest BCUT2D eigenvalue weighted by molar-refractivity contribution is 6.18. The third kappa shape index (κ3) is 4.14. The van der Waals surface area contributed by atoms with Crippen LogP contribution < -0.4 is 5.56 Å². The zero-order chi connectivity index (χ0) is 26.9. The van der Waals surface area contributed by atoms with Crippen molar-refractivity contribution in [3.8, 4) is 5.69 Å². The molecule has 188 valence electrons. The molecule has 2 heterocycles. The molecule has 5 rings (SSSR count). The van der Waals surface area contributed by atoms with Gasteiger partial charge in [-0.05, 0) is 53.1 Å². The maximum absolute atomic E-state index is 13.7. The molecule has 0 bridgehead atoms. The molecule has 7 nitrogen and oxygen atoms in total. The van der Waals surface area contributed by atoms with Crippen LogP contribution in [0.2, 0.25) is 0 Å². The highest BCUT2D eigenvalue weighted by atomic mass is 16.6. The summed E-state index contributed by atoms with van der Waals surface area (Å²) in [4.78, 5) is 34.9. The average molecular weight is 495 g/mol. The molecule has 0 spiro atoms. The quantitative estimate of drug-likeness (QED) is 0.202. The van der Waals surface area contributed by atoms with Crippen LogP contribution in [-0.4, -0.2) is 20.2 Å². The van der Waals surface area contributed by atoms with E-state index in [9.17, 15) is 14.9 Å². The second kappa shape index (κ2) is 8.20. The van der Waals surface area contributed by atoms with Crippen LogP contribution in [0.15, 0.2) is 64.4 Å². The van der Waals surface area contributed by atoms with Crippen LogP contribution in [0.25, 0.3) is 16.6 Å². The van der Waals surface area contributed by atoms with Gasteiger partial charge < -0.3 is 0 Å². The Bertz CT molecular complexity index is 1700. The highest BCUT2D eigenvalue weighted by Crippen LogP contribution is 2.38. The van der Waals surface area contributed by atoms with Crippen LogP contribution in [0.4, 0.5) is 11.4 Å². The first-order chi connectivity index (χ1) is 17.3. The Kier molecular flexibility index (Phi) is 5.44. The Morgan fingerprint density at radius 3 is 2.30 bits per heavy atom. The van der Waals surface area contributed by atoms with E-state index < -0.39 is 4.92 Å². The second-order valence-corrected chi connectivity index (χ2v) is 11.7. The second-order valence-electron chi connectivity index (χ2n) is 11.7. The molecule has 0 saturated carbocycles. The molecule has 0 atom stereocenters. The smallest absolute Gasteiger partial charge is 0.268 e. The van der Waals surface area contributed by atoms with Crippen molar-refractivity contribution in [1.82, 2.24) is 9.55 Å². The third-order valence-corrected chi connectivity index (χ3v) is 6.83. The zero-order valence-electron chi connectivity index (χ0n) is 22.2. The van der Waals surface area contributed by atoms with Crippen molar-refractivity contribution in [2.24, 2.45) is 4.99 Å². The Labute approximate surface area is 215 Å². The summed E-state index contributed by atoms with van der Waals surface area (Å²) in [6.45, 7) is 14.8. The van der Waals surface area contributed by atoms with E-state index in [-0.39, 0.29) is 22.1 Å². The van der Waals surface area contributed by atoms with Gasteiger partial charge in [-0.2, -0.15) is 0 Å². The largest absolute Gasteiger partial charge is 0.270 e. The summed E-state index contributed by atoms with van der Waals surface area (Å²) in [7, 11) is 0. The fourth-order valence-corrected chi connectivity index (χ4v) is 4.78. The standard InChI is InChI=1S/C30H30N4O3/c1-17-8-12-23-20(14-17)28(35)33-25-13-10-19(34(36)37)16-21(25)26(27(33)32-23)31-24-15-18(29(2,3)4)9-11-22(24)30(5,6)7/h8-16H,1-7H3. The van der Waals surface area contributed by atoms with Gasteiger partial charge in [0, 0.05) is 17.7 Å². The van der Waals surface area contributed by atoms with Crippen molar-refractivity contribution in [3.63, 3.8) is 0 Å². The Balaban J connectivity index is 1.89. The van der Waals surface area contributed by atoms with Crippen LogP contribution in [0, 0.1) is 17.0 Å². The summed E-state index contributed by atoms with van der Waals surface area (Å²) in [5, 5.41) is 12.2. The maximum atomic E-state index is 13.7. The predicted octanol–water partition coefficient (Wildman–Crippen LogP) is 6.68. The van der Waals surface area contributed by atoms with Crippen LogP contribution in [-0.2, 0) is 10.8 Å². The van der Waals surface area contributed by atoms with Gasteiger partial charge in [-0.1, -0.05) is 65.3 Å². The van der Waals surface area contributed by atoms with Gasteiger partial charge in [-0.15, -0.1) is 0 Å². The summed E-state index contributed by atoms with van der Waals surface area (Å²) in [5.41, 5.74) is 5.38. The number of nitro groups is 1. The predicted molar refractivity (Wildman–Crippen MR) is 148 cm³/mol. The fourth-order valence-electron chi connectivity index (χ4n) is 4.78. The third-order valence-electron chi connectivity index (χ3n) is 6.83. The first-order valence-electron chi connectivity index (χ1n) is 12.3. The maximum Gasteiger partial charge on any atom is 0.270 e. The molecule has 4 aromatic rings. The molecule has 37 heavy (non-hydrogen) atoms. The van der Waals surface area contributed by atoms with Gasteiger partial charge in [0.15, 0.2) is 5.82 Å². The van der Waals surface area contributed by atoms with Gasteiger partial charge in [0.05, 0.1) is 27.2 Å². The lowest BCUT2D eigenvalue weighted by molar-refractivity contribution is -0.384. The van der Waals surface area contributed by atoms with Crippen LogP contribution in [0.5, 0.6) is 0 Å². The van der Waals surface area contributed by atoms with Gasteiger partial charge in [0.1, 0.15) is 5.71 Å². The lowest BCUT2D eigenvalue weighted by Gasteiger charge is -2.25. The molecular formula is C30H30N4O3.